The molecule has 0 amide bonds. The molecular weight excluding hydrogens is 214 g/mol. The van der Waals surface area contributed by atoms with Crippen LogP contribution in [0.15, 0.2) is 30.3 Å². The van der Waals surface area contributed by atoms with Crippen molar-refractivity contribution in [1.82, 2.24) is 4.90 Å². The Kier molecular flexibility index (Phi) is 3.20. The zero-order chi connectivity index (χ0) is 10.8. The van der Waals surface area contributed by atoms with Crippen molar-refractivity contribution >= 4 is 11.8 Å². The highest BCUT2D eigenvalue weighted by Crippen LogP contribution is 2.37. The third-order valence-electron chi connectivity index (χ3n) is 3.88. The van der Waals surface area contributed by atoms with Crippen molar-refractivity contribution in [2.45, 2.75) is 30.4 Å². The smallest absolute Gasteiger partial charge is 0.0563 e. The summed E-state index contributed by atoms with van der Waals surface area (Å²) in [4.78, 5) is 2.69. The van der Waals surface area contributed by atoms with Crippen molar-refractivity contribution in [3.63, 3.8) is 0 Å². The van der Waals surface area contributed by atoms with Crippen LogP contribution in [-0.4, -0.2) is 23.4 Å². The summed E-state index contributed by atoms with van der Waals surface area (Å²) in [6.07, 6.45) is 4.32. The Hall–Kier alpha value is -0.470. The van der Waals surface area contributed by atoms with E-state index in [9.17, 15) is 0 Å². The van der Waals surface area contributed by atoms with Gasteiger partial charge in [0.2, 0.25) is 0 Å². The third-order valence-corrected chi connectivity index (χ3v) is 5.25. The summed E-state index contributed by atoms with van der Waals surface area (Å²) in [7, 11) is 0. The fourth-order valence-electron chi connectivity index (χ4n) is 2.85. The number of hydrogen-bond acceptors (Lipinski definition) is 2. The van der Waals surface area contributed by atoms with Crippen LogP contribution >= 0.6 is 11.8 Å². The Labute approximate surface area is 102 Å². The molecule has 16 heavy (non-hydrogen) atoms. The van der Waals surface area contributed by atoms with E-state index in [0.717, 1.165) is 11.3 Å². The van der Waals surface area contributed by atoms with Gasteiger partial charge < -0.3 is 0 Å². The van der Waals surface area contributed by atoms with Gasteiger partial charge in [0.15, 0.2) is 0 Å². The normalized spacial score (nSPS) is 32.9. The predicted octanol–water partition coefficient (Wildman–Crippen LogP) is 3.36. The van der Waals surface area contributed by atoms with Gasteiger partial charge in [-0.1, -0.05) is 30.3 Å². The summed E-state index contributed by atoms with van der Waals surface area (Å²) in [5.74, 6) is 2.20. The molecule has 3 heterocycles. The average Bonchev–Trinajstić information content (AvgIpc) is 2.39. The lowest BCUT2D eigenvalue weighted by Gasteiger charge is -2.45. The highest BCUT2D eigenvalue weighted by atomic mass is 32.2. The molecule has 3 aliphatic rings. The maximum Gasteiger partial charge on any atom is 0.0563 e. The van der Waals surface area contributed by atoms with Gasteiger partial charge in [0.05, 0.1) is 5.37 Å². The molecule has 0 aliphatic carbocycles. The summed E-state index contributed by atoms with van der Waals surface area (Å²) in [5, 5.41) is 0.799. The third kappa shape index (κ3) is 2.28. The molecule has 1 aromatic carbocycles. The Morgan fingerprint density at radius 3 is 2.50 bits per heavy atom. The number of piperidine rings is 3. The lowest BCUT2D eigenvalue weighted by atomic mass is 9.88. The molecule has 1 unspecified atom stereocenters. The Balaban J connectivity index is 1.56. The number of nitrogens with zero attached hydrogens (tertiary/aromatic N) is 1. The number of fused-ring (bicyclic) bond motifs is 3. The molecule has 0 N–H and O–H groups in total. The highest BCUT2D eigenvalue weighted by molar-refractivity contribution is 7.99. The molecule has 2 heteroatoms. The average molecular weight is 233 g/mol. The maximum atomic E-state index is 2.69. The number of rotatable bonds is 3. The van der Waals surface area contributed by atoms with Crippen molar-refractivity contribution < 1.29 is 0 Å². The summed E-state index contributed by atoms with van der Waals surface area (Å²) in [6, 6.07) is 10.9. The standard InChI is InChI=1S/C14H19NS/c1-2-4-13(5-3-1)11-16-14-10-12-6-8-15(14)9-7-12/h1-5,12,14H,6-11H2. The molecule has 86 valence electrons. The molecule has 2 bridgehead atoms. The van der Waals surface area contributed by atoms with Crippen LogP contribution in [0.25, 0.3) is 0 Å². The van der Waals surface area contributed by atoms with E-state index in [1.165, 1.54) is 43.7 Å². The number of thioether (sulfide) groups is 1. The zero-order valence-electron chi connectivity index (χ0n) is 9.64. The van der Waals surface area contributed by atoms with Gasteiger partial charge in [0.25, 0.3) is 0 Å². The van der Waals surface area contributed by atoms with Crippen LogP contribution in [0.2, 0.25) is 0 Å². The van der Waals surface area contributed by atoms with Crippen LogP contribution in [0, 0.1) is 5.92 Å². The van der Waals surface area contributed by atoms with Gasteiger partial charge in [-0.05, 0) is 43.8 Å². The van der Waals surface area contributed by atoms with Crippen molar-refractivity contribution in [2.24, 2.45) is 5.92 Å². The molecule has 0 spiro atoms. The van der Waals surface area contributed by atoms with E-state index in [1.807, 2.05) is 0 Å². The zero-order valence-corrected chi connectivity index (χ0v) is 10.5. The maximum absolute atomic E-state index is 2.69. The van der Waals surface area contributed by atoms with Gasteiger partial charge in [0.1, 0.15) is 0 Å². The topological polar surface area (TPSA) is 3.24 Å². The first kappa shape index (κ1) is 10.7. The first-order chi connectivity index (χ1) is 7.92. The van der Waals surface area contributed by atoms with Crippen LogP contribution in [0.3, 0.4) is 0 Å². The minimum absolute atomic E-state index is 0.799. The van der Waals surface area contributed by atoms with Gasteiger partial charge in [0, 0.05) is 5.75 Å². The fraction of sp³-hybridized carbons (Fsp3) is 0.571. The van der Waals surface area contributed by atoms with E-state index in [0.29, 0.717) is 0 Å². The second-order valence-corrected chi connectivity index (χ2v) is 6.13. The predicted molar refractivity (Wildman–Crippen MR) is 70.4 cm³/mol. The van der Waals surface area contributed by atoms with Crippen LogP contribution in [0.5, 0.6) is 0 Å². The first-order valence-corrected chi connectivity index (χ1v) is 7.36. The molecule has 3 saturated heterocycles. The molecule has 3 aliphatic heterocycles. The SMILES string of the molecule is c1ccc(CSC2CC3CCN2CC3)cc1. The second kappa shape index (κ2) is 4.80. The minimum Gasteiger partial charge on any atom is -0.291 e. The van der Waals surface area contributed by atoms with E-state index in [-0.39, 0.29) is 0 Å². The minimum atomic E-state index is 0.799. The monoisotopic (exact) mass is 233 g/mol. The van der Waals surface area contributed by atoms with Crippen molar-refractivity contribution in [1.29, 1.82) is 0 Å². The van der Waals surface area contributed by atoms with Crippen LogP contribution in [0.1, 0.15) is 24.8 Å². The molecular formula is C14H19NS. The van der Waals surface area contributed by atoms with E-state index in [2.05, 4.69) is 47.0 Å². The number of benzene rings is 1. The highest BCUT2D eigenvalue weighted by Gasteiger charge is 2.33. The second-order valence-electron chi connectivity index (χ2n) is 4.97. The molecule has 0 radical (unpaired) electrons. The Morgan fingerprint density at radius 1 is 1.12 bits per heavy atom. The molecule has 0 aromatic heterocycles. The van der Waals surface area contributed by atoms with Crippen LogP contribution in [0.4, 0.5) is 0 Å². The van der Waals surface area contributed by atoms with Gasteiger partial charge in [-0.2, -0.15) is 0 Å². The van der Waals surface area contributed by atoms with Crippen molar-refractivity contribution in [3.05, 3.63) is 35.9 Å². The lowest BCUT2D eigenvalue weighted by Crippen LogP contribution is -2.47. The van der Waals surface area contributed by atoms with Crippen LogP contribution in [-0.2, 0) is 5.75 Å². The van der Waals surface area contributed by atoms with Gasteiger partial charge in [-0.3, -0.25) is 4.90 Å². The van der Waals surface area contributed by atoms with E-state index in [1.54, 1.807) is 0 Å². The van der Waals surface area contributed by atoms with Crippen LogP contribution < -0.4 is 0 Å². The molecule has 1 atom stereocenters. The van der Waals surface area contributed by atoms with E-state index >= 15 is 0 Å². The van der Waals surface area contributed by atoms with E-state index < -0.39 is 0 Å². The van der Waals surface area contributed by atoms with Gasteiger partial charge in [-0.15, -0.1) is 11.8 Å². The van der Waals surface area contributed by atoms with E-state index in [4.69, 9.17) is 0 Å². The van der Waals surface area contributed by atoms with Crippen molar-refractivity contribution in [3.8, 4) is 0 Å². The Bertz CT molecular complexity index is 330. The Morgan fingerprint density at radius 2 is 1.88 bits per heavy atom. The largest absolute Gasteiger partial charge is 0.291 e. The fourth-order valence-corrected chi connectivity index (χ4v) is 4.26. The summed E-state index contributed by atoms with van der Waals surface area (Å²) >= 11 is 2.14. The summed E-state index contributed by atoms with van der Waals surface area (Å²) in [6.45, 7) is 2.69. The molecule has 1 aromatic rings. The molecule has 0 saturated carbocycles. The molecule has 1 nitrogen and oxygen atoms in total. The number of hydrogen-bond donors (Lipinski definition) is 0. The summed E-state index contributed by atoms with van der Waals surface area (Å²) in [5.41, 5.74) is 1.47. The first-order valence-electron chi connectivity index (χ1n) is 6.31. The van der Waals surface area contributed by atoms with Gasteiger partial charge in [-0.25, -0.2) is 0 Å². The quantitative estimate of drug-likeness (QED) is 0.787. The van der Waals surface area contributed by atoms with Gasteiger partial charge >= 0.3 is 0 Å². The molecule has 3 fully saturated rings. The summed E-state index contributed by atoms with van der Waals surface area (Å²) < 4.78 is 0. The lowest BCUT2D eigenvalue weighted by molar-refractivity contribution is 0.0935. The molecule has 4 rings (SSSR count). The van der Waals surface area contributed by atoms with Crippen molar-refractivity contribution in [2.75, 3.05) is 13.1 Å².